The SMILES string of the molecule is CCCCC/C=C\C/C=C\CCCCCCCC(=O)O[C@@H](CCOC(=O)CCCCCCCCCCCCCCCCC)OP(=O)([O-])OC[C@H](N)C(=O)O.[Na+]. The van der Waals surface area contributed by atoms with E-state index in [1.807, 2.05) is 0 Å². The van der Waals surface area contributed by atoms with Gasteiger partial charge in [0.1, 0.15) is 6.04 Å². The molecule has 0 fully saturated rings. The van der Waals surface area contributed by atoms with Gasteiger partial charge in [-0.25, -0.2) is 0 Å². The van der Waals surface area contributed by atoms with Gasteiger partial charge in [-0.05, 0) is 44.9 Å². The van der Waals surface area contributed by atoms with Crippen LogP contribution in [-0.2, 0) is 37.5 Å². The molecule has 0 saturated heterocycles. The van der Waals surface area contributed by atoms with Crippen LogP contribution in [0.1, 0.15) is 200 Å². The van der Waals surface area contributed by atoms with Crippen LogP contribution in [-0.4, -0.2) is 48.6 Å². The zero-order chi connectivity index (χ0) is 40.0. The molecule has 13 heteroatoms. The summed E-state index contributed by atoms with van der Waals surface area (Å²) in [6, 6.07) is -1.59. The molecule has 55 heavy (non-hydrogen) atoms. The maximum absolute atomic E-state index is 12.5. The molecule has 0 spiro atoms. The predicted molar refractivity (Wildman–Crippen MR) is 215 cm³/mol. The number of carboxylic acid groups (broad SMARTS) is 1. The molecule has 0 aromatic carbocycles. The van der Waals surface area contributed by atoms with Gasteiger partial charge in [-0.1, -0.05) is 160 Å². The number of rotatable bonds is 40. The second kappa shape index (κ2) is 41.1. The normalized spacial score (nSPS) is 13.7. The first-order valence-electron chi connectivity index (χ1n) is 21.4. The van der Waals surface area contributed by atoms with Gasteiger partial charge in [-0.15, -0.1) is 0 Å². The molecule has 0 amide bonds. The number of unbranched alkanes of at least 4 members (excludes halogenated alkanes) is 22. The molecule has 11 nitrogen and oxygen atoms in total. The number of aliphatic carboxylic acids is 1. The fourth-order valence-corrected chi connectivity index (χ4v) is 6.66. The topological polar surface area (TPSA) is 175 Å². The maximum atomic E-state index is 12.5. The second-order valence-electron chi connectivity index (χ2n) is 14.4. The van der Waals surface area contributed by atoms with Gasteiger partial charge in [-0.3, -0.25) is 23.5 Å². The van der Waals surface area contributed by atoms with Crippen LogP contribution < -0.4 is 40.2 Å². The zero-order valence-corrected chi connectivity index (χ0v) is 37.9. The molecule has 0 rings (SSSR count). The molecule has 0 heterocycles. The molecular formula is C42H77NNaO10P. The van der Waals surface area contributed by atoms with E-state index in [0.717, 1.165) is 64.2 Å². The van der Waals surface area contributed by atoms with Gasteiger partial charge in [0.05, 0.1) is 13.2 Å². The Balaban J connectivity index is 0. The van der Waals surface area contributed by atoms with Crippen molar-refractivity contribution < 1.29 is 77.0 Å². The predicted octanol–water partition coefficient (Wildman–Crippen LogP) is 7.78. The summed E-state index contributed by atoms with van der Waals surface area (Å²) in [5.41, 5.74) is 5.32. The van der Waals surface area contributed by atoms with Crippen LogP contribution >= 0.6 is 7.82 Å². The molecule has 0 aliphatic rings. The number of hydrogen-bond donors (Lipinski definition) is 2. The summed E-state index contributed by atoms with van der Waals surface area (Å²) in [6.07, 6.45) is 37.1. The van der Waals surface area contributed by atoms with Crippen molar-refractivity contribution in [2.75, 3.05) is 13.2 Å². The van der Waals surface area contributed by atoms with Crippen molar-refractivity contribution in [2.45, 2.75) is 212 Å². The van der Waals surface area contributed by atoms with Gasteiger partial charge in [0, 0.05) is 19.3 Å². The fraction of sp³-hybridized carbons (Fsp3) is 0.833. The quantitative estimate of drug-likeness (QED) is 0.0154. The molecule has 0 radical (unpaired) electrons. The van der Waals surface area contributed by atoms with E-state index in [-0.39, 0.29) is 55.4 Å². The molecule has 0 aliphatic carbocycles. The number of nitrogens with two attached hydrogens (primary N) is 1. The van der Waals surface area contributed by atoms with E-state index in [9.17, 15) is 23.8 Å². The summed E-state index contributed by atoms with van der Waals surface area (Å²) in [5.74, 6) is -2.53. The number of esters is 2. The fourth-order valence-electron chi connectivity index (χ4n) is 5.82. The Kier molecular flexibility index (Phi) is 41.9. The Morgan fingerprint density at radius 3 is 1.56 bits per heavy atom. The molecule has 0 aliphatic heterocycles. The van der Waals surface area contributed by atoms with Gasteiger partial charge in [0.15, 0.2) is 0 Å². The number of phosphoric acid groups is 1. The summed E-state index contributed by atoms with van der Waals surface area (Å²) in [5, 5.41) is 8.90. The first-order valence-corrected chi connectivity index (χ1v) is 22.8. The van der Waals surface area contributed by atoms with Gasteiger partial charge in [0.2, 0.25) is 6.29 Å². The Labute approximate surface area is 356 Å². The van der Waals surface area contributed by atoms with E-state index in [1.54, 1.807) is 0 Å². The number of carbonyl (C=O) groups is 3. The molecule has 0 saturated carbocycles. The minimum absolute atomic E-state index is 0. The average molecular weight is 810 g/mol. The van der Waals surface area contributed by atoms with E-state index >= 15 is 0 Å². The van der Waals surface area contributed by atoms with E-state index in [1.165, 1.54) is 89.9 Å². The largest absolute Gasteiger partial charge is 1.00 e. The van der Waals surface area contributed by atoms with Crippen LogP contribution in [0.3, 0.4) is 0 Å². The monoisotopic (exact) mass is 810 g/mol. The van der Waals surface area contributed by atoms with Gasteiger partial charge >= 0.3 is 47.5 Å². The Morgan fingerprint density at radius 2 is 1.07 bits per heavy atom. The molecular weight excluding hydrogens is 732 g/mol. The number of hydrogen-bond acceptors (Lipinski definition) is 10. The smallest absolute Gasteiger partial charge is 0.756 e. The van der Waals surface area contributed by atoms with Crippen molar-refractivity contribution in [2.24, 2.45) is 5.73 Å². The van der Waals surface area contributed by atoms with Crippen molar-refractivity contribution in [3.63, 3.8) is 0 Å². The first-order chi connectivity index (χ1) is 26.1. The van der Waals surface area contributed by atoms with Crippen LogP contribution in [0, 0.1) is 0 Å². The Morgan fingerprint density at radius 1 is 0.655 bits per heavy atom. The zero-order valence-electron chi connectivity index (χ0n) is 35.0. The third-order valence-corrected chi connectivity index (χ3v) is 10.1. The number of allylic oxidation sites excluding steroid dienone is 4. The van der Waals surface area contributed by atoms with Gasteiger partial charge in [-0.2, -0.15) is 0 Å². The van der Waals surface area contributed by atoms with Crippen molar-refractivity contribution in [1.29, 1.82) is 0 Å². The van der Waals surface area contributed by atoms with Crippen LogP contribution in [0.25, 0.3) is 0 Å². The van der Waals surface area contributed by atoms with E-state index in [0.29, 0.717) is 12.8 Å². The summed E-state index contributed by atoms with van der Waals surface area (Å²) < 4.78 is 32.4. The molecule has 3 N–H and O–H groups in total. The summed E-state index contributed by atoms with van der Waals surface area (Å²) in [7, 11) is -5.09. The number of carboxylic acids is 1. The van der Waals surface area contributed by atoms with E-state index in [2.05, 4.69) is 42.7 Å². The molecule has 0 aromatic rings. The average Bonchev–Trinajstić information content (AvgIpc) is 3.13. The molecule has 0 bridgehead atoms. The number of carbonyl (C=O) groups excluding carboxylic acids is 2. The van der Waals surface area contributed by atoms with E-state index in [4.69, 9.17) is 24.8 Å². The molecule has 0 aromatic heterocycles. The van der Waals surface area contributed by atoms with Gasteiger partial charge in [0.25, 0.3) is 7.82 Å². The van der Waals surface area contributed by atoms with Crippen molar-refractivity contribution in [3.05, 3.63) is 24.3 Å². The second-order valence-corrected chi connectivity index (χ2v) is 15.8. The third-order valence-electron chi connectivity index (χ3n) is 9.17. The molecule has 3 atom stereocenters. The maximum Gasteiger partial charge on any atom is 1.00 e. The number of ether oxygens (including phenoxy) is 2. The van der Waals surface area contributed by atoms with Crippen molar-refractivity contribution in [3.8, 4) is 0 Å². The van der Waals surface area contributed by atoms with Crippen LogP contribution in [0.15, 0.2) is 24.3 Å². The van der Waals surface area contributed by atoms with Crippen molar-refractivity contribution >= 4 is 25.7 Å². The summed E-state index contributed by atoms with van der Waals surface area (Å²) in [4.78, 5) is 48.1. The van der Waals surface area contributed by atoms with E-state index < -0.39 is 44.7 Å². The van der Waals surface area contributed by atoms with Crippen LogP contribution in [0.2, 0.25) is 0 Å². The van der Waals surface area contributed by atoms with Gasteiger partial charge < -0.3 is 29.7 Å². The first kappa shape index (κ1) is 56.1. The summed E-state index contributed by atoms with van der Waals surface area (Å²) >= 11 is 0. The Bertz CT molecular complexity index is 1030. The molecule has 316 valence electrons. The van der Waals surface area contributed by atoms with Crippen molar-refractivity contribution in [1.82, 2.24) is 0 Å². The third kappa shape index (κ3) is 40.9. The minimum Gasteiger partial charge on any atom is -0.756 e. The number of phosphoric ester groups is 1. The van der Waals surface area contributed by atoms with Crippen LogP contribution in [0.4, 0.5) is 0 Å². The minimum atomic E-state index is -5.09. The summed E-state index contributed by atoms with van der Waals surface area (Å²) in [6.45, 7) is 3.38. The molecule has 1 unspecified atom stereocenters. The van der Waals surface area contributed by atoms with Crippen LogP contribution in [0.5, 0.6) is 0 Å². The standard InChI is InChI=1S/C42H78NO10P.Na/c1-3-5-7-9-11-13-15-17-19-21-23-25-27-29-31-33-39(44)50-36-35-41(53-54(48,49)51-37-38(43)42(46)47)52-40(45)34-32-30-28-26-24-22-20-18-16-14-12-10-8-6-4-2;/h12,14,18,20,38,41H,3-11,13,15-17,19,21-37,43H2,1-2H3,(H,46,47)(H,48,49);/q;+1/p-1/b14-12-,20-18-;/t38-,41+;/m0./s1. The Hall–Kier alpha value is -1.04.